The molecule has 6 aromatic carbocycles. The highest BCUT2D eigenvalue weighted by atomic mass is 31.2. The summed E-state index contributed by atoms with van der Waals surface area (Å²) in [6.45, 7) is 54.1. The van der Waals surface area contributed by atoms with E-state index in [0.717, 1.165) is 77.9 Å². The van der Waals surface area contributed by atoms with Crippen molar-refractivity contribution < 1.29 is 28.6 Å². The van der Waals surface area contributed by atoms with Gasteiger partial charge in [-0.3, -0.25) is 0 Å². The Hall–Kier alpha value is -4.38. The fourth-order valence-corrected chi connectivity index (χ4v) is 11.1. The molecule has 0 radical (unpaired) electrons. The van der Waals surface area contributed by atoms with Crippen LogP contribution in [0.25, 0.3) is 55.6 Å². The molecule has 0 saturated heterocycles. The normalized spacial score (nSPS) is 13.5. The van der Waals surface area contributed by atoms with Crippen LogP contribution >= 0.6 is 17.2 Å². The number of benzene rings is 6. The highest BCUT2D eigenvalue weighted by Crippen LogP contribution is 2.62. The van der Waals surface area contributed by atoms with Gasteiger partial charge in [-0.05, 0) is 133 Å². The SMILES string of the molecule is CC(C)(C)c1ccc(-c2c(OP(O)O)c(-c3ccc(C(C)(C)C)cc3C(C)(C)C)c(-c3ccc(C(C)(C)C)cc3C(C)(C)C)c(-c3ccc(OP(O)O)cc3)c2-c2ccc(C(C)(C)C)cc2C(C)(C)C)c(C(C)(C)C)c1. The topological polar surface area (TPSA) is 99.4 Å². The summed E-state index contributed by atoms with van der Waals surface area (Å²) in [4.78, 5) is 43.9. The maximum Gasteiger partial charge on any atom is 0.391 e. The third-order valence-electron chi connectivity index (χ3n) is 14.8. The molecule has 0 spiro atoms. The second-order valence-corrected chi connectivity index (χ2v) is 30.8. The van der Waals surface area contributed by atoms with Gasteiger partial charge < -0.3 is 28.6 Å². The Morgan fingerprint density at radius 1 is 0.276 bits per heavy atom. The van der Waals surface area contributed by atoms with Crippen LogP contribution in [0, 0.1) is 0 Å². The van der Waals surface area contributed by atoms with Crippen molar-refractivity contribution in [3.8, 4) is 67.1 Å². The van der Waals surface area contributed by atoms with Crippen LogP contribution in [0.4, 0.5) is 0 Å². The van der Waals surface area contributed by atoms with Gasteiger partial charge in [-0.25, -0.2) is 0 Å². The van der Waals surface area contributed by atoms with Gasteiger partial charge in [0.15, 0.2) is 0 Å². The van der Waals surface area contributed by atoms with Gasteiger partial charge >= 0.3 is 17.2 Å². The first-order valence-corrected chi connectivity index (χ1v) is 29.4. The quantitative estimate of drug-likeness (QED) is 0.108. The van der Waals surface area contributed by atoms with E-state index in [1.165, 1.54) is 22.3 Å². The minimum absolute atomic E-state index is 0.174. The van der Waals surface area contributed by atoms with Gasteiger partial charge in [-0.2, -0.15) is 0 Å². The van der Waals surface area contributed by atoms with Crippen LogP contribution in [0.2, 0.25) is 0 Å². The Morgan fingerprint density at radius 2 is 0.526 bits per heavy atom. The minimum atomic E-state index is -3.02. The maximum absolute atomic E-state index is 11.8. The molecule has 0 bridgehead atoms. The summed E-state index contributed by atoms with van der Waals surface area (Å²) >= 11 is 0. The summed E-state index contributed by atoms with van der Waals surface area (Å²) in [5, 5.41) is 0. The van der Waals surface area contributed by atoms with Gasteiger partial charge in [-0.1, -0.05) is 251 Å². The number of hydrogen-bond acceptors (Lipinski definition) is 6. The van der Waals surface area contributed by atoms with Crippen molar-refractivity contribution in [2.75, 3.05) is 0 Å². The van der Waals surface area contributed by atoms with E-state index in [-0.39, 0.29) is 21.7 Å². The van der Waals surface area contributed by atoms with E-state index in [2.05, 4.69) is 239 Å². The Kier molecular flexibility index (Phi) is 16.8. The van der Waals surface area contributed by atoms with Gasteiger partial charge in [0.05, 0.1) is 0 Å². The van der Waals surface area contributed by atoms with Crippen LogP contribution in [0.1, 0.15) is 211 Å². The molecular weight excluding hydrogens is 975 g/mol. The number of hydrogen-bond donors (Lipinski definition) is 4. The summed E-state index contributed by atoms with van der Waals surface area (Å²) in [7, 11) is -5.70. The molecule has 0 aliphatic heterocycles. The van der Waals surface area contributed by atoms with E-state index in [9.17, 15) is 19.6 Å². The van der Waals surface area contributed by atoms with Gasteiger partial charge in [0, 0.05) is 22.3 Å². The molecule has 6 aromatic rings. The van der Waals surface area contributed by atoms with Crippen molar-refractivity contribution in [2.24, 2.45) is 0 Å². The Bertz CT molecular complexity index is 2910. The third kappa shape index (κ3) is 13.2. The molecule has 0 unspecified atom stereocenters. The summed E-state index contributed by atoms with van der Waals surface area (Å²) in [5.41, 5.74) is 15.7. The highest BCUT2D eigenvalue weighted by Gasteiger charge is 2.39. The largest absolute Gasteiger partial charge is 0.427 e. The lowest BCUT2D eigenvalue weighted by Gasteiger charge is -2.36. The monoisotopic (exact) mass is 1070 g/mol. The molecule has 0 aliphatic carbocycles. The van der Waals surface area contributed by atoms with E-state index < -0.39 is 38.9 Å². The molecule has 0 fully saturated rings. The van der Waals surface area contributed by atoms with Crippen molar-refractivity contribution in [3.05, 3.63) is 142 Å². The van der Waals surface area contributed by atoms with Crippen LogP contribution in [0.5, 0.6) is 11.5 Å². The summed E-state index contributed by atoms with van der Waals surface area (Å²) in [6, 6.07) is 35.1. The van der Waals surface area contributed by atoms with Crippen LogP contribution in [-0.2, 0) is 43.3 Å². The Morgan fingerprint density at radius 3 is 0.750 bits per heavy atom. The molecule has 0 saturated carbocycles. The molecule has 6 rings (SSSR count). The minimum Gasteiger partial charge on any atom is -0.427 e. The smallest absolute Gasteiger partial charge is 0.391 e. The summed E-state index contributed by atoms with van der Waals surface area (Å²) in [5.74, 6) is 0.712. The van der Waals surface area contributed by atoms with Crippen LogP contribution < -0.4 is 9.05 Å². The first-order chi connectivity index (χ1) is 34.4. The highest BCUT2D eigenvalue weighted by molar-refractivity contribution is 7.40. The summed E-state index contributed by atoms with van der Waals surface area (Å²) < 4.78 is 12.6. The predicted octanol–water partition coefficient (Wildman–Crippen LogP) is 19.6. The second-order valence-electron chi connectivity index (χ2n) is 29.5. The molecule has 4 N–H and O–H groups in total. The zero-order valence-electron chi connectivity index (χ0n) is 50.7. The zero-order valence-corrected chi connectivity index (χ0v) is 52.5. The maximum atomic E-state index is 11.8. The molecule has 0 aromatic heterocycles. The molecule has 410 valence electrons. The molecule has 0 aliphatic rings. The average Bonchev–Trinajstić information content (AvgIpc) is 3.25. The molecule has 8 heteroatoms. The molecule has 0 heterocycles. The Labute approximate surface area is 461 Å². The standard InChI is InChI=1S/C68H92O6P2/c1-61(2,3)42-27-33-47(51(37-42)65(13,14)15)56-55(41-25-31-46(32-26-41)73-75(69)70)57(48-34-28-43(62(4,5)6)38-52(48)66(16,17)18)59(50-36-30-45(64(10,11)12)40-54(50)68(22,23)24)60(74-76(71)72)58(56)49-35-29-44(63(7,8)9)39-53(49)67(19,20)21/h25-40,69-72H,1-24H3. The summed E-state index contributed by atoms with van der Waals surface area (Å²) in [6.07, 6.45) is 0. The second kappa shape index (κ2) is 21.0. The molecular formula is C68H92O6P2. The van der Waals surface area contributed by atoms with Crippen molar-refractivity contribution in [1.82, 2.24) is 0 Å². The lowest BCUT2D eigenvalue weighted by Crippen LogP contribution is -2.20. The van der Waals surface area contributed by atoms with Gasteiger partial charge in [0.25, 0.3) is 0 Å². The van der Waals surface area contributed by atoms with E-state index >= 15 is 0 Å². The first kappa shape index (κ1) is 60.8. The van der Waals surface area contributed by atoms with Crippen LogP contribution in [-0.4, -0.2) is 19.6 Å². The first-order valence-electron chi connectivity index (χ1n) is 27.1. The van der Waals surface area contributed by atoms with Gasteiger partial charge in [0.1, 0.15) is 11.5 Å². The molecule has 76 heavy (non-hydrogen) atoms. The van der Waals surface area contributed by atoms with Crippen molar-refractivity contribution in [2.45, 2.75) is 209 Å². The van der Waals surface area contributed by atoms with Crippen molar-refractivity contribution in [1.29, 1.82) is 0 Å². The van der Waals surface area contributed by atoms with Gasteiger partial charge in [-0.15, -0.1) is 0 Å². The van der Waals surface area contributed by atoms with Gasteiger partial charge in [0.2, 0.25) is 0 Å². The fraction of sp³-hybridized carbons (Fsp3) is 0.471. The lowest BCUT2D eigenvalue weighted by atomic mass is 9.68. The van der Waals surface area contributed by atoms with Crippen molar-refractivity contribution in [3.63, 3.8) is 0 Å². The van der Waals surface area contributed by atoms with E-state index in [1.807, 2.05) is 24.3 Å². The lowest BCUT2D eigenvalue weighted by molar-refractivity contribution is 0.374. The average molecular weight is 1070 g/mol. The van der Waals surface area contributed by atoms with Crippen molar-refractivity contribution >= 4 is 17.2 Å². The van der Waals surface area contributed by atoms with E-state index in [0.29, 0.717) is 11.5 Å². The van der Waals surface area contributed by atoms with Crippen LogP contribution in [0.15, 0.2) is 97.1 Å². The zero-order chi connectivity index (χ0) is 57.4. The predicted molar refractivity (Wildman–Crippen MR) is 327 cm³/mol. The number of rotatable bonds is 9. The fourth-order valence-electron chi connectivity index (χ4n) is 10.4. The Balaban J connectivity index is 2.21. The van der Waals surface area contributed by atoms with E-state index in [1.54, 1.807) is 0 Å². The van der Waals surface area contributed by atoms with Crippen LogP contribution in [0.3, 0.4) is 0 Å². The third-order valence-corrected chi connectivity index (χ3v) is 15.5. The molecule has 0 atom stereocenters. The molecule has 6 nitrogen and oxygen atoms in total. The molecule has 0 amide bonds. The van der Waals surface area contributed by atoms with E-state index in [4.69, 9.17) is 9.05 Å².